The van der Waals surface area contributed by atoms with Crippen LogP contribution >= 0.6 is 0 Å². The molecule has 1 aromatic rings. The van der Waals surface area contributed by atoms with Crippen LogP contribution in [0.15, 0.2) is 23.1 Å². The standard InChI is InChI=1S/C21H29N3O2S/c1-15-5-8-20(18(4)17(15)3)14-23-9-10-24(13-16(23)2)27(25,26)21(12-22)11-19-6-7-19/h5,8,11,16,19H,6-7,9-10,13-14H2,1-4H3/b21-11+. The molecule has 0 bridgehead atoms. The quantitative estimate of drug-likeness (QED) is 0.728. The molecule has 6 heteroatoms. The van der Waals surface area contributed by atoms with E-state index in [1.165, 1.54) is 26.6 Å². The van der Waals surface area contributed by atoms with Crippen LogP contribution in [0.4, 0.5) is 0 Å². The van der Waals surface area contributed by atoms with E-state index >= 15 is 0 Å². The van der Waals surface area contributed by atoms with Gasteiger partial charge in [-0.1, -0.05) is 18.2 Å². The third kappa shape index (κ3) is 4.26. The van der Waals surface area contributed by atoms with E-state index in [-0.39, 0.29) is 16.9 Å². The molecule has 3 rings (SSSR count). The Morgan fingerprint density at radius 3 is 2.52 bits per heavy atom. The molecule has 1 aliphatic carbocycles. The van der Waals surface area contributed by atoms with Gasteiger partial charge in [-0.05, 0) is 68.7 Å². The fraction of sp³-hybridized carbons (Fsp3) is 0.571. The maximum Gasteiger partial charge on any atom is 0.252 e. The Hall–Kier alpha value is -1.68. The van der Waals surface area contributed by atoms with Gasteiger partial charge in [0.05, 0.1) is 0 Å². The van der Waals surface area contributed by atoms with Crippen LogP contribution in [0.5, 0.6) is 0 Å². The summed E-state index contributed by atoms with van der Waals surface area (Å²) >= 11 is 0. The first-order valence-corrected chi connectivity index (χ1v) is 11.1. The molecule has 0 spiro atoms. The Morgan fingerprint density at radius 1 is 1.22 bits per heavy atom. The Morgan fingerprint density at radius 2 is 1.93 bits per heavy atom. The van der Waals surface area contributed by atoms with Gasteiger partial charge >= 0.3 is 0 Å². The lowest BCUT2D eigenvalue weighted by Crippen LogP contribution is -2.53. The first kappa shape index (κ1) is 20.1. The molecule has 1 aromatic carbocycles. The fourth-order valence-corrected chi connectivity index (χ4v) is 5.11. The molecule has 0 N–H and O–H groups in total. The summed E-state index contributed by atoms with van der Waals surface area (Å²) in [6, 6.07) is 6.36. The molecule has 0 radical (unpaired) electrons. The zero-order chi connectivity index (χ0) is 19.8. The predicted molar refractivity (Wildman–Crippen MR) is 107 cm³/mol. The molecule has 146 valence electrons. The number of rotatable bonds is 5. The van der Waals surface area contributed by atoms with Crippen LogP contribution in [0, 0.1) is 38.0 Å². The number of piperazine rings is 1. The smallest absolute Gasteiger partial charge is 0.252 e. The first-order chi connectivity index (χ1) is 12.7. The zero-order valence-electron chi connectivity index (χ0n) is 16.7. The van der Waals surface area contributed by atoms with Crippen molar-refractivity contribution in [1.29, 1.82) is 5.26 Å². The van der Waals surface area contributed by atoms with Gasteiger partial charge in [-0.2, -0.15) is 9.57 Å². The van der Waals surface area contributed by atoms with Crippen molar-refractivity contribution in [3.8, 4) is 6.07 Å². The highest BCUT2D eigenvalue weighted by atomic mass is 32.2. The highest BCUT2D eigenvalue weighted by Crippen LogP contribution is 2.33. The lowest BCUT2D eigenvalue weighted by Gasteiger charge is -2.39. The molecule has 1 unspecified atom stereocenters. The topological polar surface area (TPSA) is 64.4 Å². The van der Waals surface area contributed by atoms with Gasteiger partial charge in [0.15, 0.2) is 4.91 Å². The summed E-state index contributed by atoms with van der Waals surface area (Å²) in [6.07, 6.45) is 3.62. The average molecular weight is 388 g/mol. The lowest BCUT2D eigenvalue weighted by molar-refractivity contribution is 0.122. The zero-order valence-corrected chi connectivity index (χ0v) is 17.5. The molecule has 27 heavy (non-hydrogen) atoms. The molecule has 2 aliphatic rings. The summed E-state index contributed by atoms with van der Waals surface area (Å²) in [5.41, 5.74) is 5.24. The van der Waals surface area contributed by atoms with Crippen molar-refractivity contribution in [1.82, 2.24) is 9.21 Å². The van der Waals surface area contributed by atoms with Crippen LogP contribution < -0.4 is 0 Å². The van der Waals surface area contributed by atoms with Crippen molar-refractivity contribution in [2.75, 3.05) is 19.6 Å². The van der Waals surface area contributed by atoms with E-state index in [0.29, 0.717) is 19.6 Å². The van der Waals surface area contributed by atoms with Crippen LogP contribution in [-0.4, -0.2) is 43.3 Å². The minimum absolute atomic E-state index is 0.0735. The highest BCUT2D eigenvalue weighted by Gasteiger charge is 2.35. The first-order valence-electron chi connectivity index (χ1n) is 9.66. The average Bonchev–Trinajstić information content (AvgIpc) is 3.45. The number of aryl methyl sites for hydroxylation is 1. The molecule has 1 atom stereocenters. The second kappa shape index (κ2) is 7.75. The molecule has 1 heterocycles. The molecule has 1 saturated heterocycles. The van der Waals surface area contributed by atoms with E-state index < -0.39 is 10.0 Å². The highest BCUT2D eigenvalue weighted by molar-refractivity contribution is 7.93. The number of hydrogen-bond acceptors (Lipinski definition) is 4. The second-order valence-electron chi connectivity index (χ2n) is 7.95. The van der Waals surface area contributed by atoms with E-state index in [1.807, 2.05) is 6.07 Å². The summed E-state index contributed by atoms with van der Waals surface area (Å²) in [5, 5.41) is 9.33. The van der Waals surface area contributed by atoms with Gasteiger partial charge in [0.25, 0.3) is 10.0 Å². The van der Waals surface area contributed by atoms with Gasteiger partial charge in [-0.3, -0.25) is 4.90 Å². The summed E-state index contributed by atoms with van der Waals surface area (Å²) in [7, 11) is -3.67. The number of benzene rings is 1. The van der Waals surface area contributed by atoms with Crippen molar-refractivity contribution in [3.05, 3.63) is 45.4 Å². The molecule has 1 aliphatic heterocycles. The third-order valence-corrected chi connectivity index (χ3v) is 7.80. The molecule has 0 aromatic heterocycles. The molecular formula is C21H29N3O2S. The van der Waals surface area contributed by atoms with Crippen LogP contribution in [-0.2, 0) is 16.6 Å². The van der Waals surface area contributed by atoms with Gasteiger partial charge in [-0.15, -0.1) is 0 Å². The Bertz CT molecular complexity index is 895. The second-order valence-corrected chi connectivity index (χ2v) is 9.86. The van der Waals surface area contributed by atoms with Gasteiger partial charge in [0.2, 0.25) is 0 Å². The predicted octanol–water partition coefficient (Wildman–Crippen LogP) is 3.27. The normalized spacial score (nSPS) is 22.6. The van der Waals surface area contributed by atoms with Crippen LogP contribution in [0.3, 0.4) is 0 Å². The molecular weight excluding hydrogens is 358 g/mol. The summed E-state index contributed by atoms with van der Waals surface area (Å²) in [6.45, 7) is 10.9. The molecule has 2 fully saturated rings. The Balaban J connectivity index is 1.71. The number of nitrogens with zero attached hydrogens (tertiary/aromatic N) is 3. The van der Waals surface area contributed by atoms with Crippen molar-refractivity contribution < 1.29 is 8.42 Å². The lowest BCUT2D eigenvalue weighted by atomic mass is 9.98. The van der Waals surface area contributed by atoms with Gasteiger partial charge < -0.3 is 0 Å². The number of hydrogen-bond donors (Lipinski definition) is 0. The van der Waals surface area contributed by atoms with E-state index in [9.17, 15) is 13.7 Å². The largest absolute Gasteiger partial charge is 0.294 e. The molecule has 1 saturated carbocycles. The SMILES string of the molecule is Cc1ccc(CN2CCN(S(=O)(=O)/C(C#N)=C/C3CC3)CC2C)c(C)c1C. The van der Waals surface area contributed by atoms with Gasteiger partial charge in [0.1, 0.15) is 6.07 Å². The van der Waals surface area contributed by atoms with Crippen molar-refractivity contribution in [2.24, 2.45) is 5.92 Å². The van der Waals surface area contributed by atoms with E-state index in [4.69, 9.17) is 0 Å². The Labute approximate surface area is 163 Å². The molecule has 0 amide bonds. The van der Waals surface area contributed by atoms with E-state index in [2.05, 4.69) is 44.7 Å². The van der Waals surface area contributed by atoms with Crippen LogP contribution in [0.25, 0.3) is 0 Å². The monoisotopic (exact) mass is 387 g/mol. The number of nitriles is 1. The van der Waals surface area contributed by atoms with E-state index in [0.717, 1.165) is 19.4 Å². The maximum absolute atomic E-state index is 12.8. The van der Waals surface area contributed by atoms with Crippen molar-refractivity contribution >= 4 is 10.0 Å². The van der Waals surface area contributed by atoms with E-state index in [1.54, 1.807) is 6.08 Å². The summed E-state index contributed by atoms with van der Waals surface area (Å²) < 4.78 is 27.2. The Kier molecular flexibility index (Phi) is 5.76. The summed E-state index contributed by atoms with van der Waals surface area (Å²) in [4.78, 5) is 2.26. The van der Waals surface area contributed by atoms with Gasteiger partial charge in [0, 0.05) is 32.2 Å². The fourth-order valence-electron chi connectivity index (χ4n) is 3.61. The molecule has 5 nitrogen and oxygen atoms in total. The summed E-state index contributed by atoms with van der Waals surface area (Å²) in [5.74, 6) is 0.265. The third-order valence-electron chi connectivity index (χ3n) is 6.01. The maximum atomic E-state index is 12.8. The minimum atomic E-state index is -3.67. The number of allylic oxidation sites excluding steroid dienone is 2. The van der Waals surface area contributed by atoms with Crippen molar-refractivity contribution in [3.63, 3.8) is 0 Å². The van der Waals surface area contributed by atoms with Crippen molar-refractivity contribution in [2.45, 2.75) is 53.1 Å². The number of sulfonamides is 1. The minimum Gasteiger partial charge on any atom is -0.294 e. The van der Waals surface area contributed by atoms with Gasteiger partial charge in [-0.25, -0.2) is 8.42 Å². The van der Waals surface area contributed by atoms with Crippen LogP contribution in [0.2, 0.25) is 0 Å². The van der Waals surface area contributed by atoms with Crippen LogP contribution in [0.1, 0.15) is 42.0 Å².